The van der Waals surface area contributed by atoms with Crippen LogP contribution in [0, 0.1) is 11.3 Å². The fraction of sp³-hybridized carbons (Fsp3) is 0.200. The predicted octanol–water partition coefficient (Wildman–Crippen LogP) is 2.03. The molecule has 1 aromatic carbocycles. The van der Waals surface area contributed by atoms with Crippen LogP contribution < -0.4 is 10.5 Å². The van der Waals surface area contributed by atoms with E-state index in [0.717, 1.165) is 23.3 Å². The molecule has 0 radical (unpaired) electrons. The van der Waals surface area contributed by atoms with Gasteiger partial charge in [0.1, 0.15) is 24.1 Å². The number of pyridine rings is 1. The smallest absolute Gasteiger partial charge is 0.147 e. The predicted molar refractivity (Wildman–Crippen MR) is 72.5 cm³/mol. The Labute approximate surface area is 112 Å². The maximum absolute atomic E-state index is 8.95. The van der Waals surface area contributed by atoms with E-state index >= 15 is 0 Å². The van der Waals surface area contributed by atoms with Gasteiger partial charge >= 0.3 is 0 Å². The molecule has 0 atom stereocenters. The van der Waals surface area contributed by atoms with Crippen molar-refractivity contribution < 1.29 is 4.74 Å². The lowest BCUT2D eigenvalue weighted by Gasteiger charge is -2.08. The van der Waals surface area contributed by atoms with E-state index in [1.165, 1.54) is 0 Å². The number of nitriles is 1. The lowest BCUT2D eigenvalue weighted by atomic mass is 10.1. The van der Waals surface area contributed by atoms with Crippen molar-refractivity contribution in [1.29, 1.82) is 5.26 Å². The zero-order chi connectivity index (χ0) is 13.5. The van der Waals surface area contributed by atoms with Gasteiger partial charge in [-0.1, -0.05) is 18.2 Å². The van der Waals surface area contributed by atoms with E-state index in [9.17, 15) is 0 Å². The number of hydrogen-bond donors (Lipinski definition) is 1. The van der Waals surface area contributed by atoms with Crippen molar-refractivity contribution in [2.45, 2.75) is 13.0 Å². The minimum atomic E-state index is 0.336. The van der Waals surface area contributed by atoms with Gasteiger partial charge in [0, 0.05) is 11.8 Å². The monoisotopic (exact) mass is 253 g/mol. The average Bonchev–Trinajstić information content (AvgIpc) is 2.46. The maximum Gasteiger partial charge on any atom is 0.147 e. The molecule has 0 aliphatic carbocycles. The van der Waals surface area contributed by atoms with Crippen LogP contribution in [-0.2, 0) is 13.0 Å². The summed E-state index contributed by atoms with van der Waals surface area (Å²) in [5, 5.41) is 8.95. The number of aromatic nitrogens is 1. The molecular formula is C15H15N3O. The zero-order valence-corrected chi connectivity index (χ0v) is 10.5. The molecule has 0 saturated heterocycles. The molecule has 1 aromatic heterocycles. The van der Waals surface area contributed by atoms with Crippen molar-refractivity contribution in [3.05, 3.63) is 59.4 Å². The molecule has 2 N–H and O–H groups in total. The Morgan fingerprint density at radius 2 is 2.16 bits per heavy atom. The van der Waals surface area contributed by atoms with Crippen molar-refractivity contribution in [1.82, 2.24) is 4.98 Å². The van der Waals surface area contributed by atoms with Crippen LogP contribution in [0.5, 0.6) is 5.75 Å². The lowest BCUT2D eigenvalue weighted by molar-refractivity contribution is 0.305. The molecule has 96 valence electrons. The third-order valence-corrected chi connectivity index (χ3v) is 2.72. The summed E-state index contributed by atoms with van der Waals surface area (Å²) in [6.45, 7) is 0.952. The average molecular weight is 253 g/mol. The molecule has 19 heavy (non-hydrogen) atoms. The molecular weight excluding hydrogens is 238 g/mol. The number of ether oxygens (including phenoxy) is 1. The van der Waals surface area contributed by atoms with Crippen molar-refractivity contribution >= 4 is 0 Å². The highest BCUT2D eigenvalue weighted by molar-refractivity contribution is 5.32. The highest BCUT2D eigenvalue weighted by Crippen LogP contribution is 2.16. The van der Waals surface area contributed by atoms with Crippen LogP contribution in [0.15, 0.2) is 42.6 Å². The molecule has 0 unspecified atom stereocenters. The number of rotatable bonds is 5. The van der Waals surface area contributed by atoms with Gasteiger partial charge in [0.25, 0.3) is 0 Å². The Morgan fingerprint density at radius 1 is 1.26 bits per heavy atom. The topological polar surface area (TPSA) is 71.9 Å². The van der Waals surface area contributed by atoms with E-state index in [2.05, 4.69) is 11.1 Å². The standard InChI is InChI=1S/C15H15N3O/c16-7-6-12-3-1-5-14(9-12)19-11-13-4-2-8-18-15(13)10-17/h1-5,8-9H,6-7,11,16H2. The van der Waals surface area contributed by atoms with Gasteiger partial charge in [-0.2, -0.15) is 5.26 Å². The maximum atomic E-state index is 8.95. The zero-order valence-electron chi connectivity index (χ0n) is 10.5. The molecule has 0 bridgehead atoms. The minimum Gasteiger partial charge on any atom is -0.489 e. The van der Waals surface area contributed by atoms with Crippen molar-refractivity contribution in [2.75, 3.05) is 6.54 Å². The summed E-state index contributed by atoms with van der Waals surface area (Å²) in [6.07, 6.45) is 2.43. The first-order chi connectivity index (χ1) is 9.33. The van der Waals surface area contributed by atoms with Gasteiger partial charge in [-0.3, -0.25) is 0 Å². The SMILES string of the molecule is N#Cc1ncccc1COc1cccc(CCN)c1. The second-order valence-electron chi connectivity index (χ2n) is 4.10. The second-order valence-corrected chi connectivity index (χ2v) is 4.10. The summed E-state index contributed by atoms with van der Waals surface area (Å²) in [7, 11) is 0. The fourth-order valence-electron chi connectivity index (χ4n) is 1.77. The number of benzene rings is 1. The number of nitrogens with zero attached hydrogens (tertiary/aromatic N) is 2. The molecule has 0 aliphatic heterocycles. The van der Waals surface area contributed by atoms with Gasteiger partial charge < -0.3 is 10.5 Å². The van der Waals surface area contributed by atoms with E-state index in [1.807, 2.05) is 30.3 Å². The van der Waals surface area contributed by atoms with Crippen LogP contribution in [0.1, 0.15) is 16.8 Å². The number of nitrogens with two attached hydrogens (primary N) is 1. The molecule has 4 nitrogen and oxygen atoms in total. The summed E-state index contributed by atoms with van der Waals surface area (Å²) in [6, 6.07) is 13.5. The first-order valence-corrected chi connectivity index (χ1v) is 6.09. The summed E-state index contributed by atoms with van der Waals surface area (Å²) >= 11 is 0. The van der Waals surface area contributed by atoms with Crippen molar-refractivity contribution in [2.24, 2.45) is 5.73 Å². The van der Waals surface area contributed by atoms with E-state index in [1.54, 1.807) is 12.3 Å². The van der Waals surface area contributed by atoms with E-state index in [0.29, 0.717) is 18.8 Å². The van der Waals surface area contributed by atoms with Gasteiger partial charge in [0.2, 0.25) is 0 Å². The van der Waals surface area contributed by atoms with Crippen molar-refractivity contribution in [3.8, 4) is 11.8 Å². The third kappa shape index (κ3) is 3.54. The molecule has 2 rings (SSSR count). The van der Waals surface area contributed by atoms with Crippen LogP contribution in [0.2, 0.25) is 0 Å². The summed E-state index contributed by atoms with van der Waals surface area (Å²) in [5.41, 5.74) is 7.86. The van der Waals surface area contributed by atoms with Crippen LogP contribution in [0.3, 0.4) is 0 Å². The molecule has 0 fully saturated rings. The highest BCUT2D eigenvalue weighted by Gasteiger charge is 2.03. The Hall–Kier alpha value is -2.38. The van der Waals surface area contributed by atoms with E-state index < -0.39 is 0 Å². The minimum absolute atomic E-state index is 0.336. The Kier molecular flexibility index (Phi) is 4.49. The largest absolute Gasteiger partial charge is 0.489 e. The van der Waals surface area contributed by atoms with Crippen LogP contribution in [0.4, 0.5) is 0 Å². The highest BCUT2D eigenvalue weighted by atomic mass is 16.5. The molecule has 4 heteroatoms. The molecule has 0 saturated carbocycles. The Balaban J connectivity index is 2.06. The van der Waals surface area contributed by atoms with Gasteiger partial charge in [-0.05, 0) is 36.7 Å². The van der Waals surface area contributed by atoms with E-state index in [-0.39, 0.29) is 0 Å². The first kappa shape index (κ1) is 13.1. The second kappa shape index (κ2) is 6.53. The molecule has 1 heterocycles. The third-order valence-electron chi connectivity index (χ3n) is 2.72. The number of hydrogen-bond acceptors (Lipinski definition) is 4. The normalized spacial score (nSPS) is 9.89. The van der Waals surface area contributed by atoms with Crippen LogP contribution in [-0.4, -0.2) is 11.5 Å². The quantitative estimate of drug-likeness (QED) is 0.885. The molecule has 0 amide bonds. The first-order valence-electron chi connectivity index (χ1n) is 6.09. The van der Waals surface area contributed by atoms with Gasteiger partial charge in [-0.25, -0.2) is 4.98 Å². The molecule has 0 spiro atoms. The van der Waals surface area contributed by atoms with Gasteiger partial charge in [0.05, 0.1) is 0 Å². The Bertz CT molecular complexity index is 590. The lowest BCUT2D eigenvalue weighted by Crippen LogP contribution is -2.03. The van der Waals surface area contributed by atoms with Gasteiger partial charge in [0.15, 0.2) is 0 Å². The molecule has 2 aromatic rings. The summed E-state index contributed by atoms with van der Waals surface area (Å²) in [5.74, 6) is 0.777. The summed E-state index contributed by atoms with van der Waals surface area (Å²) < 4.78 is 5.69. The Morgan fingerprint density at radius 3 is 2.95 bits per heavy atom. The molecule has 0 aliphatic rings. The summed E-state index contributed by atoms with van der Waals surface area (Å²) in [4.78, 5) is 4.00. The van der Waals surface area contributed by atoms with Crippen LogP contribution >= 0.6 is 0 Å². The fourth-order valence-corrected chi connectivity index (χ4v) is 1.77. The van der Waals surface area contributed by atoms with Gasteiger partial charge in [-0.15, -0.1) is 0 Å². The van der Waals surface area contributed by atoms with Crippen LogP contribution in [0.25, 0.3) is 0 Å². The van der Waals surface area contributed by atoms with Crippen molar-refractivity contribution in [3.63, 3.8) is 0 Å². The van der Waals surface area contributed by atoms with E-state index in [4.69, 9.17) is 15.7 Å².